The van der Waals surface area contributed by atoms with Crippen LogP contribution < -0.4 is 0 Å². The first-order chi connectivity index (χ1) is 11.0. The van der Waals surface area contributed by atoms with E-state index >= 15 is 0 Å². The predicted octanol–water partition coefficient (Wildman–Crippen LogP) is 2.40. The Hall–Kier alpha value is -1.91. The smallest absolute Gasteiger partial charge is 0.256 e. The Labute approximate surface area is 137 Å². The molecule has 2 aliphatic heterocycles. The lowest BCUT2D eigenvalue weighted by molar-refractivity contribution is -0.147. The minimum Gasteiger partial charge on any atom is -0.338 e. The van der Waals surface area contributed by atoms with E-state index in [2.05, 4.69) is 4.98 Å². The van der Waals surface area contributed by atoms with Crippen LogP contribution in [-0.2, 0) is 4.79 Å². The lowest BCUT2D eigenvalue weighted by Crippen LogP contribution is -2.62. The van der Waals surface area contributed by atoms with E-state index in [4.69, 9.17) is 0 Å². The van der Waals surface area contributed by atoms with Crippen LogP contribution in [0.1, 0.15) is 55.6 Å². The molecule has 0 aliphatic carbocycles. The molecular weight excluding hydrogens is 290 g/mol. The van der Waals surface area contributed by atoms with Crippen molar-refractivity contribution in [1.82, 2.24) is 14.8 Å². The normalized spacial score (nSPS) is 24.8. The highest BCUT2D eigenvalue weighted by Crippen LogP contribution is 2.39. The molecule has 0 aromatic carbocycles. The summed E-state index contributed by atoms with van der Waals surface area (Å²) in [6, 6.07) is 3.83. The third-order valence-electron chi connectivity index (χ3n) is 5.16. The summed E-state index contributed by atoms with van der Waals surface area (Å²) in [4.78, 5) is 34.0. The summed E-state index contributed by atoms with van der Waals surface area (Å²) in [6.45, 7) is 7.44. The van der Waals surface area contributed by atoms with Gasteiger partial charge < -0.3 is 9.80 Å². The molecule has 2 fully saturated rings. The summed E-state index contributed by atoms with van der Waals surface area (Å²) in [5.41, 5.74) is 0.827. The zero-order valence-corrected chi connectivity index (χ0v) is 14.2. The number of piperidine rings is 1. The first-order valence-corrected chi connectivity index (χ1v) is 8.51. The molecule has 5 nitrogen and oxygen atoms in total. The van der Waals surface area contributed by atoms with Crippen LogP contribution in [0.4, 0.5) is 0 Å². The average molecular weight is 315 g/mol. The largest absolute Gasteiger partial charge is 0.338 e. The maximum atomic E-state index is 13.1. The molecule has 0 bridgehead atoms. The Kier molecular flexibility index (Phi) is 4.13. The highest BCUT2D eigenvalue weighted by molar-refractivity contribution is 5.99. The standard InChI is InChI=1S/C18H25N3O2/c1-13(2)20-10-4-8-18(17(20)23)9-5-11-21(18)16(22)15-7-6-14(3)19-12-15/h6-7,12-13H,4-5,8-11H2,1-3H3. The number of carbonyl (C=O) groups is 2. The number of rotatable bonds is 2. The van der Waals surface area contributed by atoms with Gasteiger partial charge >= 0.3 is 0 Å². The highest BCUT2D eigenvalue weighted by atomic mass is 16.2. The second-order valence-corrected chi connectivity index (χ2v) is 6.98. The van der Waals surface area contributed by atoms with Crippen LogP contribution in [0.15, 0.2) is 18.3 Å². The molecule has 2 aliphatic rings. The molecule has 2 amide bonds. The van der Waals surface area contributed by atoms with E-state index in [1.807, 2.05) is 42.7 Å². The van der Waals surface area contributed by atoms with Crippen molar-refractivity contribution in [3.8, 4) is 0 Å². The van der Waals surface area contributed by atoms with Gasteiger partial charge in [0.1, 0.15) is 5.54 Å². The van der Waals surface area contributed by atoms with Gasteiger partial charge in [-0.15, -0.1) is 0 Å². The van der Waals surface area contributed by atoms with E-state index < -0.39 is 5.54 Å². The molecule has 23 heavy (non-hydrogen) atoms. The maximum absolute atomic E-state index is 13.1. The lowest BCUT2D eigenvalue weighted by atomic mass is 9.84. The summed E-state index contributed by atoms with van der Waals surface area (Å²) in [6.07, 6.45) is 5.03. The van der Waals surface area contributed by atoms with Gasteiger partial charge in [0.25, 0.3) is 5.91 Å². The zero-order chi connectivity index (χ0) is 16.6. The highest BCUT2D eigenvalue weighted by Gasteiger charge is 2.53. The fraction of sp³-hybridized carbons (Fsp3) is 0.611. The number of hydrogen-bond acceptors (Lipinski definition) is 3. The average Bonchev–Trinajstić information content (AvgIpc) is 2.94. The molecule has 3 rings (SSSR count). The van der Waals surface area contributed by atoms with Crippen LogP contribution in [0.2, 0.25) is 0 Å². The molecule has 1 aromatic rings. The molecule has 3 heterocycles. The zero-order valence-electron chi connectivity index (χ0n) is 14.2. The molecular formula is C18H25N3O2. The van der Waals surface area contributed by atoms with Gasteiger partial charge in [0.05, 0.1) is 5.56 Å². The van der Waals surface area contributed by atoms with Gasteiger partial charge in [-0.25, -0.2) is 0 Å². The van der Waals surface area contributed by atoms with Crippen molar-refractivity contribution in [2.24, 2.45) is 0 Å². The minimum atomic E-state index is -0.634. The van der Waals surface area contributed by atoms with Crippen molar-refractivity contribution in [2.75, 3.05) is 13.1 Å². The van der Waals surface area contributed by atoms with E-state index in [-0.39, 0.29) is 17.9 Å². The van der Waals surface area contributed by atoms with Crippen molar-refractivity contribution in [1.29, 1.82) is 0 Å². The first kappa shape index (κ1) is 16.0. The summed E-state index contributed by atoms with van der Waals surface area (Å²) in [7, 11) is 0. The molecule has 0 radical (unpaired) electrons. The third-order valence-corrected chi connectivity index (χ3v) is 5.16. The van der Waals surface area contributed by atoms with Crippen molar-refractivity contribution in [2.45, 2.75) is 58.0 Å². The molecule has 1 spiro atoms. The number of aromatic nitrogens is 1. The number of likely N-dealkylation sites (tertiary alicyclic amines) is 2. The fourth-order valence-corrected chi connectivity index (χ4v) is 3.92. The van der Waals surface area contributed by atoms with Gasteiger partial charge in [0, 0.05) is 31.0 Å². The summed E-state index contributed by atoms with van der Waals surface area (Å²) < 4.78 is 0. The van der Waals surface area contributed by atoms with E-state index in [1.165, 1.54) is 0 Å². The number of pyridine rings is 1. The number of aryl methyl sites for hydroxylation is 1. The van der Waals surface area contributed by atoms with E-state index in [1.54, 1.807) is 6.20 Å². The van der Waals surface area contributed by atoms with Crippen molar-refractivity contribution in [3.05, 3.63) is 29.6 Å². The van der Waals surface area contributed by atoms with Crippen molar-refractivity contribution >= 4 is 11.8 Å². The Balaban J connectivity index is 1.91. The molecule has 0 N–H and O–H groups in total. The van der Waals surface area contributed by atoms with Crippen LogP contribution in [-0.4, -0.2) is 51.3 Å². The number of carbonyl (C=O) groups excluding carboxylic acids is 2. The topological polar surface area (TPSA) is 53.5 Å². The number of hydrogen-bond donors (Lipinski definition) is 0. The van der Waals surface area contributed by atoms with Crippen molar-refractivity contribution in [3.63, 3.8) is 0 Å². The molecule has 5 heteroatoms. The Morgan fingerprint density at radius 3 is 2.52 bits per heavy atom. The van der Waals surface area contributed by atoms with Crippen LogP contribution in [0.5, 0.6) is 0 Å². The summed E-state index contributed by atoms with van der Waals surface area (Å²) in [5.74, 6) is 0.0682. The van der Waals surface area contributed by atoms with E-state index in [0.717, 1.165) is 37.9 Å². The second-order valence-electron chi connectivity index (χ2n) is 6.98. The van der Waals surface area contributed by atoms with Gasteiger partial charge in [-0.3, -0.25) is 14.6 Å². The predicted molar refractivity (Wildman–Crippen MR) is 88.1 cm³/mol. The molecule has 1 atom stereocenters. The fourth-order valence-electron chi connectivity index (χ4n) is 3.92. The Morgan fingerprint density at radius 2 is 1.91 bits per heavy atom. The SMILES string of the molecule is Cc1ccc(C(=O)N2CCCC23CCCN(C(C)C)C3=O)cn1. The summed E-state index contributed by atoms with van der Waals surface area (Å²) in [5, 5.41) is 0. The quantitative estimate of drug-likeness (QED) is 0.842. The lowest BCUT2D eigenvalue weighted by Gasteiger charge is -2.46. The minimum absolute atomic E-state index is 0.0612. The van der Waals surface area contributed by atoms with Crippen LogP contribution in [0.25, 0.3) is 0 Å². The van der Waals surface area contributed by atoms with E-state index in [9.17, 15) is 9.59 Å². The van der Waals surface area contributed by atoms with E-state index in [0.29, 0.717) is 12.1 Å². The Bertz CT molecular complexity index is 611. The van der Waals surface area contributed by atoms with Gasteiger partial charge in [0.15, 0.2) is 0 Å². The molecule has 124 valence electrons. The van der Waals surface area contributed by atoms with Gasteiger partial charge in [-0.05, 0) is 58.6 Å². The van der Waals surface area contributed by atoms with Crippen LogP contribution in [0, 0.1) is 6.92 Å². The molecule has 1 aromatic heterocycles. The van der Waals surface area contributed by atoms with Crippen molar-refractivity contribution < 1.29 is 9.59 Å². The molecule has 0 saturated carbocycles. The second kappa shape index (κ2) is 5.95. The number of amides is 2. The number of nitrogens with zero attached hydrogens (tertiary/aromatic N) is 3. The van der Waals surface area contributed by atoms with Crippen LogP contribution in [0.3, 0.4) is 0 Å². The summed E-state index contributed by atoms with van der Waals surface area (Å²) >= 11 is 0. The monoisotopic (exact) mass is 315 g/mol. The Morgan fingerprint density at radius 1 is 1.22 bits per heavy atom. The first-order valence-electron chi connectivity index (χ1n) is 8.51. The van der Waals surface area contributed by atoms with Gasteiger partial charge in [-0.1, -0.05) is 0 Å². The maximum Gasteiger partial charge on any atom is 0.256 e. The molecule has 1 unspecified atom stereocenters. The third kappa shape index (κ3) is 2.62. The van der Waals surface area contributed by atoms with Gasteiger partial charge in [-0.2, -0.15) is 0 Å². The molecule has 2 saturated heterocycles. The van der Waals surface area contributed by atoms with Gasteiger partial charge in [0.2, 0.25) is 5.91 Å². The van der Waals surface area contributed by atoms with Crippen LogP contribution >= 0.6 is 0 Å².